The average molecular weight is 326 g/mol. The third-order valence-electron chi connectivity index (χ3n) is 3.51. The van der Waals surface area contributed by atoms with E-state index in [4.69, 9.17) is 14.0 Å². The van der Waals surface area contributed by atoms with E-state index < -0.39 is 0 Å². The summed E-state index contributed by atoms with van der Waals surface area (Å²) in [6.45, 7) is 0.948. The molecule has 0 saturated carbocycles. The fraction of sp³-hybridized carbons (Fsp3) is 0.188. The summed E-state index contributed by atoms with van der Waals surface area (Å²) in [6, 6.07) is 9.03. The zero-order valence-corrected chi connectivity index (χ0v) is 12.6. The molecule has 0 bridgehead atoms. The molecular formula is C16H14N4O4. The number of hydrogen-bond acceptors (Lipinski definition) is 6. The molecule has 1 atom stereocenters. The van der Waals surface area contributed by atoms with Gasteiger partial charge in [-0.2, -0.15) is 5.10 Å². The van der Waals surface area contributed by atoms with Crippen molar-refractivity contribution in [3.05, 3.63) is 54.7 Å². The number of anilines is 1. The van der Waals surface area contributed by atoms with Gasteiger partial charge in [0.15, 0.2) is 17.6 Å². The highest BCUT2D eigenvalue weighted by atomic mass is 16.6. The van der Waals surface area contributed by atoms with Gasteiger partial charge in [-0.25, -0.2) is 0 Å². The Kier molecular flexibility index (Phi) is 3.62. The summed E-state index contributed by atoms with van der Waals surface area (Å²) in [7, 11) is 0. The number of aromatic nitrogens is 3. The van der Waals surface area contributed by atoms with Crippen LogP contribution in [0.4, 0.5) is 5.69 Å². The minimum atomic E-state index is -0.377. The lowest BCUT2D eigenvalue weighted by molar-refractivity contribution is 0.0759. The number of fused-ring (bicyclic) bond motifs is 1. The van der Waals surface area contributed by atoms with Crippen molar-refractivity contribution >= 4 is 11.6 Å². The number of ether oxygens (including phenoxy) is 2. The molecule has 122 valence electrons. The van der Waals surface area contributed by atoms with E-state index in [1.165, 1.54) is 12.3 Å². The molecule has 0 saturated heterocycles. The molecule has 1 aromatic carbocycles. The molecule has 2 aromatic heterocycles. The van der Waals surface area contributed by atoms with Gasteiger partial charge in [0.2, 0.25) is 5.76 Å². The number of carbonyl (C=O) groups is 1. The first-order valence-corrected chi connectivity index (χ1v) is 7.41. The number of amides is 1. The van der Waals surface area contributed by atoms with Gasteiger partial charge >= 0.3 is 0 Å². The monoisotopic (exact) mass is 326 g/mol. The van der Waals surface area contributed by atoms with Crippen LogP contribution >= 0.6 is 0 Å². The zero-order chi connectivity index (χ0) is 16.4. The number of carbonyl (C=O) groups excluding carboxylic acids is 1. The van der Waals surface area contributed by atoms with Gasteiger partial charge in [-0.05, 0) is 12.1 Å². The topological polar surface area (TPSA) is 91.4 Å². The van der Waals surface area contributed by atoms with Crippen LogP contribution in [0, 0.1) is 0 Å². The molecule has 1 aliphatic rings. The lowest BCUT2D eigenvalue weighted by atomic mass is 10.2. The van der Waals surface area contributed by atoms with Crippen LogP contribution in [0.5, 0.6) is 11.5 Å². The van der Waals surface area contributed by atoms with Gasteiger partial charge in [0.05, 0.1) is 24.6 Å². The highest BCUT2D eigenvalue weighted by Crippen LogP contribution is 2.31. The number of rotatable bonds is 4. The van der Waals surface area contributed by atoms with Gasteiger partial charge in [0.25, 0.3) is 5.91 Å². The number of nitrogens with one attached hydrogen (secondary N) is 1. The molecule has 1 amide bonds. The third-order valence-corrected chi connectivity index (χ3v) is 3.51. The third kappa shape index (κ3) is 2.94. The lowest BCUT2D eigenvalue weighted by Gasteiger charge is -2.26. The molecule has 8 nitrogen and oxygen atoms in total. The predicted molar refractivity (Wildman–Crippen MR) is 83.0 cm³/mol. The van der Waals surface area contributed by atoms with Crippen LogP contribution in [0.1, 0.15) is 10.6 Å². The first kappa shape index (κ1) is 14.3. The summed E-state index contributed by atoms with van der Waals surface area (Å²) < 4.78 is 18.1. The van der Waals surface area contributed by atoms with E-state index in [1.54, 1.807) is 17.1 Å². The summed E-state index contributed by atoms with van der Waals surface area (Å²) >= 11 is 0. The Hall–Kier alpha value is -3.29. The Morgan fingerprint density at radius 2 is 2.17 bits per heavy atom. The van der Waals surface area contributed by atoms with Crippen molar-refractivity contribution in [2.24, 2.45) is 0 Å². The Labute approximate surface area is 137 Å². The first-order chi connectivity index (χ1) is 11.8. The number of hydrogen-bond donors (Lipinski definition) is 1. The summed E-state index contributed by atoms with van der Waals surface area (Å²) in [5.41, 5.74) is 0.563. The number of benzene rings is 1. The van der Waals surface area contributed by atoms with E-state index >= 15 is 0 Å². The zero-order valence-electron chi connectivity index (χ0n) is 12.6. The summed E-state index contributed by atoms with van der Waals surface area (Å²) in [4.78, 5) is 11.9. The fourth-order valence-corrected chi connectivity index (χ4v) is 2.42. The van der Waals surface area contributed by atoms with Gasteiger partial charge < -0.3 is 19.3 Å². The van der Waals surface area contributed by atoms with Crippen LogP contribution in [0.25, 0.3) is 0 Å². The molecule has 4 rings (SSSR count). The molecule has 0 spiro atoms. The molecular weight excluding hydrogens is 312 g/mol. The highest BCUT2D eigenvalue weighted by Gasteiger charge is 2.21. The summed E-state index contributed by atoms with van der Waals surface area (Å²) in [6.07, 6.45) is 4.54. The van der Waals surface area contributed by atoms with Crippen molar-refractivity contribution in [2.45, 2.75) is 12.6 Å². The highest BCUT2D eigenvalue weighted by molar-refractivity contribution is 6.01. The van der Waals surface area contributed by atoms with E-state index in [2.05, 4.69) is 15.6 Å². The minimum absolute atomic E-state index is 0.142. The molecule has 0 radical (unpaired) electrons. The van der Waals surface area contributed by atoms with E-state index in [0.717, 1.165) is 11.5 Å². The van der Waals surface area contributed by atoms with Gasteiger partial charge in [-0.1, -0.05) is 17.3 Å². The second-order valence-corrected chi connectivity index (χ2v) is 5.28. The normalized spacial score (nSPS) is 15.9. The Morgan fingerprint density at radius 3 is 3.00 bits per heavy atom. The number of nitrogens with zero attached hydrogens (tertiary/aromatic N) is 3. The molecule has 0 fully saturated rings. The van der Waals surface area contributed by atoms with Crippen molar-refractivity contribution in [2.75, 3.05) is 11.9 Å². The Bertz CT molecular complexity index is 843. The summed E-state index contributed by atoms with van der Waals surface area (Å²) in [5, 5.41) is 10.4. The largest absolute Gasteiger partial charge is 0.486 e. The molecule has 0 aliphatic carbocycles. The van der Waals surface area contributed by atoms with Gasteiger partial charge in [0, 0.05) is 12.3 Å². The van der Waals surface area contributed by atoms with E-state index in [-0.39, 0.29) is 17.8 Å². The maximum absolute atomic E-state index is 11.9. The SMILES string of the molecule is O=C(Nc1cnn(CC2COc3ccccc3O2)c1)c1ccno1. The first-order valence-electron chi connectivity index (χ1n) is 7.41. The maximum Gasteiger partial charge on any atom is 0.294 e. The predicted octanol–water partition coefficient (Wildman–Crippen LogP) is 1.96. The van der Waals surface area contributed by atoms with Crippen molar-refractivity contribution in [1.29, 1.82) is 0 Å². The molecule has 3 heterocycles. The molecule has 24 heavy (non-hydrogen) atoms. The lowest BCUT2D eigenvalue weighted by Crippen LogP contribution is -2.33. The van der Waals surface area contributed by atoms with Gasteiger partial charge in [0.1, 0.15) is 6.61 Å². The average Bonchev–Trinajstić information content (AvgIpc) is 3.27. The second kappa shape index (κ2) is 6.07. The van der Waals surface area contributed by atoms with Crippen LogP contribution in [0.15, 0.2) is 53.4 Å². The molecule has 3 aromatic rings. The smallest absolute Gasteiger partial charge is 0.294 e. The van der Waals surface area contributed by atoms with Crippen molar-refractivity contribution in [3.8, 4) is 11.5 Å². The quantitative estimate of drug-likeness (QED) is 0.788. The molecule has 1 N–H and O–H groups in total. The van der Waals surface area contributed by atoms with Crippen molar-refractivity contribution < 1.29 is 18.8 Å². The summed E-state index contributed by atoms with van der Waals surface area (Å²) in [5.74, 6) is 1.23. The minimum Gasteiger partial charge on any atom is -0.486 e. The van der Waals surface area contributed by atoms with Crippen molar-refractivity contribution in [1.82, 2.24) is 14.9 Å². The van der Waals surface area contributed by atoms with Crippen LogP contribution in [-0.4, -0.2) is 33.6 Å². The van der Waals surface area contributed by atoms with E-state index in [1.807, 2.05) is 24.3 Å². The fourth-order valence-electron chi connectivity index (χ4n) is 2.42. The van der Waals surface area contributed by atoms with Crippen LogP contribution in [0.2, 0.25) is 0 Å². The Balaban J connectivity index is 1.38. The van der Waals surface area contributed by atoms with Gasteiger partial charge in [-0.15, -0.1) is 0 Å². The standard InChI is InChI=1S/C16H14N4O4/c21-16(15-5-6-18-24-15)19-11-7-17-20(8-11)9-12-10-22-13-3-1-2-4-14(13)23-12/h1-8,12H,9-10H2,(H,19,21). The van der Waals surface area contributed by atoms with Crippen LogP contribution < -0.4 is 14.8 Å². The van der Waals surface area contributed by atoms with Crippen molar-refractivity contribution in [3.63, 3.8) is 0 Å². The van der Waals surface area contributed by atoms with Crippen LogP contribution in [0.3, 0.4) is 0 Å². The Morgan fingerprint density at radius 1 is 1.29 bits per heavy atom. The molecule has 1 unspecified atom stereocenters. The molecule has 8 heteroatoms. The second-order valence-electron chi connectivity index (χ2n) is 5.28. The van der Waals surface area contributed by atoms with Gasteiger partial charge in [-0.3, -0.25) is 9.48 Å². The van der Waals surface area contributed by atoms with E-state index in [0.29, 0.717) is 18.8 Å². The number of para-hydroxylation sites is 2. The van der Waals surface area contributed by atoms with E-state index in [9.17, 15) is 4.79 Å². The van der Waals surface area contributed by atoms with Crippen LogP contribution in [-0.2, 0) is 6.54 Å². The molecule has 1 aliphatic heterocycles. The maximum atomic E-state index is 11.9.